The lowest BCUT2D eigenvalue weighted by molar-refractivity contribution is 0.0698. The van der Waals surface area contributed by atoms with Crippen molar-refractivity contribution in [1.82, 2.24) is 13.8 Å². The predicted molar refractivity (Wildman–Crippen MR) is 98.0 cm³/mol. The van der Waals surface area contributed by atoms with Crippen molar-refractivity contribution in [3.63, 3.8) is 0 Å². The Morgan fingerprint density at radius 2 is 1.76 bits per heavy atom. The predicted octanol–water partition coefficient (Wildman–Crippen LogP) is 1.74. The zero-order valence-electron chi connectivity index (χ0n) is 14.1. The van der Waals surface area contributed by atoms with Crippen LogP contribution in [0.5, 0.6) is 0 Å². The molecular formula is C17H21N3O3S2. The van der Waals surface area contributed by atoms with E-state index in [1.807, 2.05) is 29.1 Å². The molecular weight excluding hydrogens is 358 g/mol. The summed E-state index contributed by atoms with van der Waals surface area (Å²) in [5.74, 6) is 0.0382. The smallest absolute Gasteiger partial charge is 0.257 e. The summed E-state index contributed by atoms with van der Waals surface area (Å²) in [7, 11) is -3.19. The third-order valence-corrected chi connectivity index (χ3v) is 7.56. The number of nitrogens with zero attached hydrogens (tertiary/aromatic N) is 3. The summed E-state index contributed by atoms with van der Waals surface area (Å²) < 4.78 is 26.8. The highest BCUT2D eigenvalue weighted by Crippen LogP contribution is 2.38. The van der Waals surface area contributed by atoms with Gasteiger partial charge in [-0.05, 0) is 37.0 Å². The van der Waals surface area contributed by atoms with Gasteiger partial charge in [0.05, 0.1) is 11.8 Å². The van der Waals surface area contributed by atoms with E-state index >= 15 is 0 Å². The van der Waals surface area contributed by atoms with Crippen molar-refractivity contribution in [2.45, 2.75) is 19.3 Å². The Bertz CT molecular complexity index is 892. The van der Waals surface area contributed by atoms with Gasteiger partial charge in [0.25, 0.3) is 5.91 Å². The highest BCUT2D eigenvalue weighted by molar-refractivity contribution is 7.88. The Kier molecular flexibility index (Phi) is 4.21. The number of thiophene rings is 1. The molecule has 8 heteroatoms. The molecule has 0 N–H and O–H groups in total. The van der Waals surface area contributed by atoms with Crippen LogP contribution in [0.25, 0.3) is 5.00 Å². The van der Waals surface area contributed by atoms with Crippen molar-refractivity contribution in [1.29, 1.82) is 0 Å². The molecule has 0 spiro atoms. The molecule has 134 valence electrons. The number of sulfonamides is 1. The van der Waals surface area contributed by atoms with Gasteiger partial charge in [0, 0.05) is 43.4 Å². The molecule has 1 aliphatic heterocycles. The standard InChI is InChI=1S/C17H21N3O3S2/c1-25(22,23)20-11-9-18(10-12-20)16(21)15-13-5-4-6-14(13)24-17(15)19-7-2-3-8-19/h2-3,7-8H,4-6,9-12H2,1H3. The van der Waals surface area contributed by atoms with Crippen LogP contribution in [0, 0.1) is 0 Å². The Morgan fingerprint density at radius 3 is 2.40 bits per heavy atom. The number of rotatable bonds is 3. The first-order valence-electron chi connectivity index (χ1n) is 8.47. The van der Waals surface area contributed by atoms with Crippen LogP contribution in [0.4, 0.5) is 0 Å². The third-order valence-electron chi connectivity index (χ3n) is 4.95. The van der Waals surface area contributed by atoms with Crippen molar-refractivity contribution in [3.8, 4) is 5.00 Å². The lowest BCUT2D eigenvalue weighted by Crippen LogP contribution is -2.50. The molecule has 0 atom stereocenters. The largest absolute Gasteiger partial charge is 0.336 e. The van der Waals surface area contributed by atoms with Crippen LogP contribution >= 0.6 is 11.3 Å². The Balaban J connectivity index is 1.63. The molecule has 3 heterocycles. The van der Waals surface area contributed by atoms with Crippen LogP contribution in [0.3, 0.4) is 0 Å². The molecule has 1 aliphatic carbocycles. The number of hydrogen-bond donors (Lipinski definition) is 0. The van der Waals surface area contributed by atoms with E-state index < -0.39 is 10.0 Å². The molecule has 0 bridgehead atoms. The summed E-state index contributed by atoms with van der Waals surface area (Å²) in [6.45, 7) is 1.63. The Hall–Kier alpha value is -1.64. The van der Waals surface area contributed by atoms with Crippen molar-refractivity contribution in [2.75, 3.05) is 32.4 Å². The second kappa shape index (κ2) is 6.26. The number of carbonyl (C=O) groups is 1. The van der Waals surface area contributed by atoms with Gasteiger partial charge in [-0.15, -0.1) is 11.3 Å². The monoisotopic (exact) mass is 379 g/mol. The number of piperazine rings is 1. The SMILES string of the molecule is CS(=O)(=O)N1CCN(C(=O)c2c(-n3cccc3)sc3c2CCC3)CC1. The average molecular weight is 380 g/mol. The van der Waals surface area contributed by atoms with E-state index in [1.165, 1.54) is 21.0 Å². The number of hydrogen-bond acceptors (Lipinski definition) is 4. The van der Waals surface area contributed by atoms with E-state index in [4.69, 9.17) is 0 Å². The van der Waals surface area contributed by atoms with Gasteiger partial charge in [0.2, 0.25) is 10.0 Å². The van der Waals surface area contributed by atoms with Crippen LogP contribution < -0.4 is 0 Å². The molecule has 0 saturated carbocycles. The van der Waals surface area contributed by atoms with Gasteiger partial charge in [-0.2, -0.15) is 4.31 Å². The summed E-state index contributed by atoms with van der Waals surface area (Å²) >= 11 is 1.71. The molecule has 0 aromatic carbocycles. The number of aryl methyl sites for hydroxylation is 1. The molecule has 1 saturated heterocycles. The maximum atomic E-state index is 13.2. The fourth-order valence-electron chi connectivity index (χ4n) is 3.64. The minimum atomic E-state index is -3.19. The Labute approximate surface area is 151 Å². The lowest BCUT2D eigenvalue weighted by atomic mass is 10.1. The fourth-order valence-corrected chi connectivity index (χ4v) is 5.82. The molecule has 0 radical (unpaired) electrons. The minimum Gasteiger partial charge on any atom is -0.336 e. The lowest BCUT2D eigenvalue weighted by Gasteiger charge is -2.33. The summed E-state index contributed by atoms with van der Waals surface area (Å²) in [6, 6.07) is 3.92. The second-order valence-corrected chi connectivity index (χ2v) is 9.65. The first-order valence-corrected chi connectivity index (χ1v) is 11.1. The third kappa shape index (κ3) is 3.02. The summed E-state index contributed by atoms with van der Waals surface area (Å²) in [6.07, 6.45) is 8.27. The zero-order chi connectivity index (χ0) is 17.6. The van der Waals surface area contributed by atoms with Crippen LogP contribution in [-0.2, 0) is 22.9 Å². The normalized spacial score (nSPS) is 18.5. The molecule has 1 fully saturated rings. The van der Waals surface area contributed by atoms with Crippen molar-refractivity contribution >= 4 is 27.3 Å². The average Bonchev–Trinajstić information content (AvgIpc) is 3.29. The van der Waals surface area contributed by atoms with Gasteiger partial charge >= 0.3 is 0 Å². The molecule has 1 amide bonds. The molecule has 0 unspecified atom stereocenters. The maximum absolute atomic E-state index is 13.2. The molecule has 2 aromatic rings. The summed E-state index contributed by atoms with van der Waals surface area (Å²) in [5, 5.41) is 0.991. The van der Waals surface area contributed by atoms with Crippen molar-refractivity contribution < 1.29 is 13.2 Å². The van der Waals surface area contributed by atoms with Crippen LogP contribution in [0.1, 0.15) is 27.2 Å². The van der Waals surface area contributed by atoms with Crippen molar-refractivity contribution in [2.24, 2.45) is 0 Å². The first kappa shape index (κ1) is 16.8. The zero-order valence-corrected chi connectivity index (χ0v) is 15.8. The highest BCUT2D eigenvalue weighted by Gasteiger charge is 2.32. The molecule has 2 aliphatic rings. The van der Waals surface area contributed by atoms with E-state index in [0.717, 1.165) is 29.8 Å². The van der Waals surface area contributed by atoms with Gasteiger partial charge in [-0.1, -0.05) is 0 Å². The maximum Gasteiger partial charge on any atom is 0.257 e. The number of aromatic nitrogens is 1. The van der Waals surface area contributed by atoms with Gasteiger partial charge < -0.3 is 9.47 Å². The quantitative estimate of drug-likeness (QED) is 0.816. The second-order valence-electron chi connectivity index (χ2n) is 6.58. The van der Waals surface area contributed by atoms with Crippen molar-refractivity contribution in [3.05, 3.63) is 40.5 Å². The van der Waals surface area contributed by atoms with E-state index in [0.29, 0.717) is 26.2 Å². The van der Waals surface area contributed by atoms with Crippen LogP contribution in [-0.4, -0.2) is 60.5 Å². The topological polar surface area (TPSA) is 62.6 Å². The van der Waals surface area contributed by atoms with Gasteiger partial charge in [0.15, 0.2) is 0 Å². The van der Waals surface area contributed by atoms with Crippen LogP contribution in [0.15, 0.2) is 24.5 Å². The van der Waals surface area contributed by atoms with Crippen LogP contribution in [0.2, 0.25) is 0 Å². The summed E-state index contributed by atoms with van der Waals surface area (Å²) in [4.78, 5) is 16.4. The van der Waals surface area contributed by atoms with E-state index in [1.54, 1.807) is 16.2 Å². The Morgan fingerprint density at radius 1 is 1.08 bits per heavy atom. The molecule has 25 heavy (non-hydrogen) atoms. The number of amides is 1. The van der Waals surface area contributed by atoms with E-state index in [2.05, 4.69) is 0 Å². The molecule has 4 rings (SSSR count). The minimum absolute atomic E-state index is 0.0382. The van der Waals surface area contributed by atoms with E-state index in [9.17, 15) is 13.2 Å². The summed E-state index contributed by atoms with van der Waals surface area (Å²) in [5.41, 5.74) is 2.02. The highest BCUT2D eigenvalue weighted by atomic mass is 32.2. The van der Waals surface area contributed by atoms with E-state index in [-0.39, 0.29) is 5.91 Å². The molecule has 6 nitrogen and oxygen atoms in total. The first-order chi connectivity index (χ1) is 11.9. The fraction of sp³-hybridized carbons (Fsp3) is 0.471. The molecule has 2 aromatic heterocycles. The van der Waals surface area contributed by atoms with Gasteiger partial charge in [-0.25, -0.2) is 8.42 Å². The van der Waals surface area contributed by atoms with Gasteiger partial charge in [0.1, 0.15) is 5.00 Å². The van der Waals surface area contributed by atoms with Gasteiger partial charge in [-0.3, -0.25) is 4.79 Å². The number of fused-ring (bicyclic) bond motifs is 1. The number of carbonyl (C=O) groups excluding carboxylic acids is 1.